The van der Waals surface area contributed by atoms with E-state index in [1.807, 2.05) is 0 Å². The van der Waals surface area contributed by atoms with Crippen LogP contribution in [0.5, 0.6) is 0 Å². The zero-order valence-corrected chi connectivity index (χ0v) is 9.77. The second kappa shape index (κ2) is 4.47. The highest BCUT2D eigenvalue weighted by molar-refractivity contribution is 7.89. The molecule has 2 rings (SSSR count). The van der Waals surface area contributed by atoms with Gasteiger partial charge in [-0.05, 0) is 0 Å². The predicted molar refractivity (Wildman–Crippen MR) is 56.8 cm³/mol. The number of sulfonamides is 1. The van der Waals surface area contributed by atoms with Gasteiger partial charge in [-0.25, -0.2) is 8.42 Å². The van der Waals surface area contributed by atoms with Gasteiger partial charge in [0.2, 0.25) is 10.0 Å². The smallest absolute Gasteiger partial charge is 0.284 e. The lowest BCUT2D eigenvalue weighted by atomic mass is 10.4. The number of rotatable bonds is 3. The Labute approximate surface area is 98.2 Å². The van der Waals surface area contributed by atoms with Crippen molar-refractivity contribution in [2.24, 2.45) is 5.73 Å². The third-order valence-electron chi connectivity index (χ3n) is 2.43. The summed E-state index contributed by atoms with van der Waals surface area (Å²) < 4.78 is 35.3. The van der Waals surface area contributed by atoms with E-state index in [1.54, 1.807) is 0 Å². The predicted octanol–water partition coefficient (Wildman–Crippen LogP) is -0.601. The van der Waals surface area contributed by atoms with Gasteiger partial charge >= 0.3 is 0 Å². The third kappa shape index (κ3) is 2.33. The molecule has 1 fully saturated rings. The maximum absolute atomic E-state index is 12.1. The summed E-state index contributed by atoms with van der Waals surface area (Å²) in [7, 11) is -3.62. The highest BCUT2D eigenvalue weighted by Gasteiger charge is 2.28. The van der Waals surface area contributed by atoms with Crippen LogP contribution in [0.1, 0.15) is 10.6 Å². The number of hydrogen-bond donors (Lipinski definition) is 1. The number of nitrogens with zero attached hydrogens (tertiary/aromatic N) is 1. The summed E-state index contributed by atoms with van der Waals surface area (Å²) in [4.78, 5) is 10.8. The maximum Gasteiger partial charge on any atom is 0.284 e. The van der Waals surface area contributed by atoms with E-state index >= 15 is 0 Å². The van der Waals surface area contributed by atoms with E-state index in [1.165, 1.54) is 4.31 Å². The maximum atomic E-state index is 12.1. The van der Waals surface area contributed by atoms with Crippen LogP contribution < -0.4 is 5.73 Å². The average Bonchev–Trinajstić information content (AvgIpc) is 2.80. The Morgan fingerprint density at radius 2 is 2.00 bits per heavy atom. The molecule has 0 bridgehead atoms. The Kier molecular flexibility index (Phi) is 3.18. The molecule has 1 amide bonds. The Balaban J connectivity index is 2.27. The summed E-state index contributed by atoms with van der Waals surface area (Å²) in [6.45, 7) is 1.30. The first kappa shape index (κ1) is 12.1. The molecule has 1 aromatic rings. The number of primary amides is 1. The molecule has 8 heteroatoms. The molecule has 2 heterocycles. The quantitative estimate of drug-likeness (QED) is 0.781. The first-order valence-corrected chi connectivity index (χ1v) is 6.42. The van der Waals surface area contributed by atoms with Crippen molar-refractivity contribution in [3.8, 4) is 0 Å². The lowest BCUT2D eigenvalue weighted by molar-refractivity contribution is 0.0730. The molecule has 0 radical (unpaired) electrons. The van der Waals surface area contributed by atoms with E-state index in [0.29, 0.717) is 26.3 Å². The first-order valence-electron chi connectivity index (χ1n) is 4.98. The molecule has 94 valence electrons. The number of nitrogens with two attached hydrogens (primary N) is 1. The summed E-state index contributed by atoms with van der Waals surface area (Å²) in [6.07, 6.45) is 1.02. The number of furan rings is 1. The summed E-state index contributed by atoms with van der Waals surface area (Å²) in [5, 5.41) is 0. The molecule has 0 atom stereocenters. The number of ether oxygens (including phenoxy) is 1. The molecule has 17 heavy (non-hydrogen) atoms. The molecule has 1 saturated heterocycles. The van der Waals surface area contributed by atoms with E-state index < -0.39 is 15.9 Å². The minimum atomic E-state index is -3.62. The minimum absolute atomic E-state index is 0.0619. The average molecular weight is 260 g/mol. The molecule has 0 saturated carbocycles. The number of carbonyl (C=O) groups excluding carboxylic acids is 1. The van der Waals surface area contributed by atoms with Crippen LogP contribution in [0.2, 0.25) is 0 Å². The van der Waals surface area contributed by atoms with Crippen LogP contribution in [0, 0.1) is 0 Å². The van der Waals surface area contributed by atoms with Gasteiger partial charge in [0.15, 0.2) is 5.76 Å². The van der Waals surface area contributed by atoms with Gasteiger partial charge in [0.1, 0.15) is 11.2 Å². The Hall–Kier alpha value is -1.38. The lowest BCUT2D eigenvalue weighted by Gasteiger charge is -2.25. The first-order chi connectivity index (χ1) is 8.01. The zero-order valence-electron chi connectivity index (χ0n) is 8.96. The largest absolute Gasteiger partial charge is 0.458 e. The summed E-state index contributed by atoms with van der Waals surface area (Å²) >= 11 is 0. The van der Waals surface area contributed by atoms with Crippen molar-refractivity contribution >= 4 is 15.9 Å². The molecule has 2 N–H and O–H groups in total. The molecule has 1 aromatic heterocycles. The van der Waals surface area contributed by atoms with Crippen LogP contribution in [0.4, 0.5) is 0 Å². The van der Waals surface area contributed by atoms with Crippen molar-refractivity contribution in [3.05, 3.63) is 18.1 Å². The van der Waals surface area contributed by atoms with Gasteiger partial charge in [-0.3, -0.25) is 4.79 Å². The third-order valence-corrected chi connectivity index (χ3v) is 4.28. The van der Waals surface area contributed by atoms with Crippen molar-refractivity contribution < 1.29 is 22.4 Å². The standard InChI is InChI=1S/C9H12N2O5S/c10-9(12)8-5-7(6-16-8)17(13,14)11-1-3-15-4-2-11/h5-6H,1-4H2,(H2,10,12). The van der Waals surface area contributed by atoms with Crippen molar-refractivity contribution in [2.45, 2.75) is 4.90 Å². The summed E-state index contributed by atoms with van der Waals surface area (Å²) in [5.41, 5.74) is 4.99. The molecule has 0 aromatic carbocycles. The monoisotopic (exact) mass is 260 g/mol. The van der Waals surface area contributed by atoms with E-state index in [4.69, 9.17) is 14.9 Å². The number of morpholine rings is 1. The topological polar surface area (TPSA) is 103 Å². The Morgan fingerprint density at radius 1 is 1.35 bits per heavy atom. The van der Waals surface area contributed by atoms with Gasteiger partial charge in [0.25, 0.3) is 5.91 Å². The van der Waals surface area contributed by atoms with Crippen molar-refractivity contribution in [2.75, 3.05) is 26.3 Å². The van der Waals surface area contributed by atoms with Gasteiger partial charge in [-0.15, -0.1) is 0 Å². The van der Waals surface area contributed by atoms with Gasteiger partial charge in [0, 0.05) is 19.2 Å². The second-order valence-electron chi connectivity index (χ2n) is 3.53. The Bertz CT molecular complexity index is 515. The molecule has 0 aliphatic carbocycles. The molecule has 0 spiro atoms. The molecule has 7 nitrogen and oxygen atoms in total. The van der Waals surface area contributed by atoms with Crippen molar-refractivity contribution in [1.29, 1.82) is 0 Å². The van der Waals surface area contributed by atoms with E-state index in [9.17, 15) is 13.2 Å². The van der Waals surface area contributed by atoms with Crippen LogP contribution in [-0.2, 0) is 14.8 Å². The fourth-order valence-electron chi connectivity index (χ4n) is 1.52. The van der Waals surface area contributed by atoms with Crippen LogP contribution in [0.25, 0.3) is 0 Å². The van der Waals surface area contributed by atoms with Crippen LogP contribution in [0.15, 0.2) is 21.6 Å². The highest BCUT2D eigenvalue weighted by atomic mass is 32.2. The van der Waals surface area contributed by atoms with Gasteiger partial charge in [-0.1, -0.05) is 0 Å². The highest BCUT2D eigenvalue weighted by Crippen LogP contribution is 2.19. The van der Waals surface area contributed by atoms with Gasteiger partial charge in [-0.2, -0.15) is 4.31 Å². The molecule has 0 unspecified atom stereocenters. The van der Waals surface area contributed by atoms with E-state index in [2.05, 4.69) is 0 Å². The van der Waals surface area contributed by atoms with E-state index in [-0.39, 0.29) is 10.7 Å². The fourth-order valence-corrected chi connectivity index (χ4v) is 2.87. The summed E-state index contributed by atoms with van der Waals surface area (Å²) in [5.74, 6) is -0.967. The lowest BCUT2D eigenvalue weighted by Crippen LogP contribution is -2.40. The van der Waals surface area contributed by atoms with E-state index in [0.717, 1.165) is 12.3 Å². The molecular formula is C9H12N2O5S. The van der Waals surface area contributed by atoms with Crippen molar-refractivity contribution in [1.82, 2.24) is 4.31 Å². The van der Waals surface area contributed by atoms with Crippen molar-refractivity contribution in [3.63, 3.8) is 0 Å². The zero-order chi connectivity index (χ0) is 12.5. The normalized spacial score (nSPS) is 18.1. The minimum Gasteiger partial charge on any atom is -0.458 e. The molecule has 1 aliphatic heterocycles. The van der Waals surface area contributed by atoms with Gasteiger partial charge < -0.3 is 14.9 Å². The fraction of sp³-hybridized carbons (Fsp3) is 0.444. The molecular weight excluding hydrogens is 248 g/mol. The van der Waals surface area contributed by atoms with Gasteiger partial charge in [0.05, 0.1) is 13.2 Å². The van der Waals surface area contributed by atoms with Crippen LogP contribution in [0.3, 0.4) is 0 Å². The van der Waals surface area contributed by atoms with Crippen LogP contribution in [-0.4, -0.2) is 44.9 Å². The van der Waals surface area contributed by atoms with Crippen LogP contribution >= 0.6 is 0 Å². The second-order valence-corrected chi connectivity index (χ2v) is 5.47. The number of hydrogen-bond acceptors (Lipinski definition) is 5. The number of carbonyl (C=O) groups is 1. The molecule has 1 aliphatic rings. The Morgan fingerprint density at radius 3 is 2.53 bits per heavy atom. The summed E-state index contributed by atoms with van der Waals surface area (Å²) in [6, 6.07) is 1.13. The SMILES string of the molecule is NC(=O)c1cc(S(=O)(=O)N2CCOCC2)co1. The number of amides is 1.